The number of likely N-dealkylation sites (tertiary alicyclic amines) is 1. The number of esters is 1. The van der Waals surface area contributed by atoms with Gasteiger partial charge in [0.15, 0.2) is 5.03 Å². The lowest BCUT2D eigenvalue weighted by Crippen LogP contribution is -2.39. The van der Waals surface area contributed by atoms with E-state index in [0.29, 0.717) is 17.8 Å². The molecule has 1 saturated carbocycles. The zero-order chi connectivity index (χ0) is 16.6. The quantitative estimate of drug-likeness (QED) is 0.727. The second-order valence-corrected chi connectivity index (χ2v) is 8.01. The Hall–Kier alpha value is -0.740. The SMILES string of the molecule is CC1CCC(C(C)C)C(OC2OC(=O)C(Cl)=C2N2CCCC2)C1. The van der Waals surface area contributed by atoms with Crippen molar-refractivity contribution in [2.24, 2.45) is 17.8 Å². The molecule has 1 saturated heterocycles. The van der Waals surface area contributed by atoms with E-state index in [0.717, 1.165) is 38.0 Å². The van der Waals surface area contributed by atoms with Crippen LogP contribution in [0.15, 0.2) is 10.7 Å². The standard InChI is InChI=1S/C18H28ClNO3/c1-11(2)13-7-6-12(3)10-14(13)22-18-16(15(19)17(21)23-18)20-8-4-5-9-20/h11-14,18H,4-10H2,1-3H3. The lowest BCUT2D eigenvalue weighted by molar-refractivity contribution is -0.184. The van der Waals surface area contributed by atoms with Gasteiger partial charge in [-0.15, -0.1) is 0 Å². The maximum absolute atomic E-state index is 12.0. The molecule has 0 radical (unpaired) electrons. The largest absolute Gasteiger partial charge is 0.425 e. The highest BCUT2D eigenvalue weighted by molar-refractivity contribution is 6.42. The minimum Gasteiger partial charge on any atom is -0.425 e. The van der Waals surface area contributed by atoms with Crippen molar-refractivity contribution in [2.75, 3.05) is 13.1 Å². The molecule has 23 heavy (non-hydrogen) atoms. The van der Waals surface area contributed by atoms with Crippen molar-refractivity contribution in [3.63, 3.8) is 0 Å². The van der Waals surface area contributed by atoms with E-state index in [-0.39, 0.29) is 11.1 Å². The van der Waals surface area contributed by atoms with Gasteiger partial charge in [0.25, 0.3) is 0 Å². The van der Waals surface area contributed by atoms with E-state index in [4.69, 9.17) is 21.1 Å². The Labute approximate surface area is 144 Å². The number of halogens is 1. The molecule has 4 atom stereocenters. The number of hydrogen-bond acceptors (Lipinski definition) is 4. The van der Waals surface area contributed by atoms with Crippen molar-refractivity contribution in [1.82, 2.24) is 4.90 Å². The Kier molecular flexibility index (Phi) is 5.22. The molecule has 0 amide bonds. The Bertz CT molecular complexity index is 485. The molecule has 4 unspecified atom stereocenters. The first-order chi connectivity index (χ1) is 11.0. The minimum absolute atomic E-state index is 0.136. The molecule has 0 spiro atoms. The van der Waals surface area contributed by atoms with E-state index < -0.39 is 12.3 Å². The highest BCUT2D eigenvalue weighted by atomic mass is 35.5. The number of ether oxygens (including phenoxy) is 2. The summed E-state index contributed by atoms with van der Waals surface area (Å²) in [4.78, 5) is 14.1. The number of carbonyl (C=O) groups excluding carboxylic acids is 1. The van der Waals surface area contributed by atoms with E-state index in [2.05, 4.69) is 25.7 Å². The molecular formula is C18H28ClNO3. The topological polar surface area (TPSA) is 38.8 Å². The lowest BCUT2D eigenvalue weighted by atomic mass is 9.75. The fraction of sp³-hybridized carbons (Fsp3) is 0.833. The van der Waals surface area contributed by atoms with Crippen LogP contribution in [0.4, 0.5) is 0 Å². The molecule has 2 heterocycles. The van der Waals surface area contributed by atoms with Gasteiger partial charge >= 0.3 is 5.97 Å². The molecule has 0 N–H and O–H groups in total. The van der Waals surface area contributed by atoms with Crippen LogP contribution in [0.3, 0.4) is 0 Å². The summed E-state index contributed by atoms with van der Waals surface area (Å²) >= 11 is 6.23. The van der Waals surface area contributed by atoms with E-state index >= 15 is 0 Å². The summed E-state index contributed by atoms with van der Waals surface area (Å²) in [5, 5.41) is 0.210. The summed E-state index contributed by atoms with van der Waals surface area (Å²) in [6.45, 7) is 8.63. The van der Waals surface area contributed by atoms with E-state index in [1.807, 2.05) is 0 Å². The predicted molar refractivity (Wildman–Crippen MR) is 89.8 cm³/mol. The second kappa shape index (κ2) is 7.02. The Morgan fingerprint density at radius 1 is 1.26 bits per heavy atom. The monoisotopic (exact) mass is 341 g/mol. The van der Waals surface area contributed by atoms with Crippen LogP contribution in [0.25, 0.3) is 0 Å². The van der Waals surface area contributed by atoms with Crippen LogP contribution in [-0.4, -0.2) is 36.4 Å². The number of rotatable bonds is 4. The smallest absolute Gasteiger partial charge is 0.354 e. The maximum Gasteiger partial charge on any atom is 0.354 e. The molecule has 2 fully saturated rings. The van der Waals surface area contributed by atoms with Gasteiger partial charge in [0.1, 0.15) is 5.70 Å². The highest BCUT2D eigenvalue weighted by Gasteiger charge is 2.42. The van der Waals surface area contributed by atoms with Gasteiger partial charge in [0, 0.05) is 13.1 Å². The van der Waals surface area contributed by atoms with Crippen molar-refractivity contribution >= 4 is 17.6 Å². The summed E-state index contributed by atoms with van der Waals surface area (Å²) in [6, 6.07) is 0. The Morgan fingerprint density at radius 2 is 1.96 bits per heavy atom. The van der Waals surface area contributed by atoms with Crippen LogP contribution in [0, 0.1) is 17.8 Å². The third-order valence-corrected chi connectivity index (χ3v) is 5.90. The normalized spacial score (nSPS) is 35.3. The molecule has 4 nitrogen and oxygen atoms in total. The minimum atomic E-state index is -0.621. The third-order valence-electron chi connectivity index (χ3n) is 5.55. The van der Waals surface area contributed by atoms with Crippen molar-refractivity contribution in [3.8, 4) is 0 Å². The van der Waals surface area contributed by atoms with Crippen LogP contribution in [0.2, 0.25) is 0 Å². The van der Waals surface area contributed by atoms with Crippen LogP contribution in [-0.2, 0) is 14.3 Å². The van der Waals surface area contributed by atoms with Crippen LogP contribution in [0.1, 0.15) is 52.9 Å². The molecule has 0 aromatic carbocycles. The molecule has 0 bridgehead atoms. The average Bonchev–Trinajstić information content (AvgIpc) is 3.08. The predicted octanol–water partition coefficient (Wildman–Crippen LogP) is 3.89. The molecule has 3 rings (SSSR count). The molecule has 0 aromatic rings. The highest BCUT2D eigenvalue weighted by Crippen LogP contribution is 2.39. The fourth-order valence-electron chi connectivity index (χ4n) is 4.18. The van der Waals surface area contributed by atoms with E-state index in [1.54, 1.807) is 0 Å². The third kappa shape index (κ3) is 3.53. The van der Waals surface area contributed by atoms with Gasteiger partial charge in [-0.25, -0.2) is 4.79 Å². The van der Waals surface area contributed by atoms with Crippen molar-refractivity contribution in [3.05, 3.63) is 10.7 Å². The lowest BCUT2D eigenvalue weighted by Gasteiger charge is -2.39. The van der Waals surface area contributed by atoms with Gasteiger partial charge in [0.2, 0.25) is 6.29 Å². The van der Waals surface area contributed by atoms with Gasteiger partial charge in [-0.1, -0.05) is 38.8 Å². The summed E-state index contributed by atoms with van der Waals surface area (Å²) in [6.07, 6.45) is 5.24. The molecule has 2 aliphatic heterocycles. The molecular weight excluding hydrogens is 314 g/mol. The average molecular weight is 342 g/mol. The van der Waals surface area contributed by atoms with Gasteiger partial charge in [-0.3, -0.25) is 0 Å². The summed E-state index contributed by atoms with van der Waals surface area (Å²) in [5.41, 5.74) is 0.759. The number of carbonyl (C=O) groups is 1. The van der Waals surface area contributed by atoms with Crippen molar-refractivity contribution < 1.29 is 14.3 Å². The molecule has 130 valence electrons. The summed E-state index contributed by atoms with van der Waals surface area (Å²) in [5.74, 6) is 1.30. The number of cyclic esters (lactones) is 1. The first-order valence-electron chi connectivity index (χ1n) is 8.98. The van der Waals surface area contributed by atoms with Gasteiger partial charge in [-0.05, 0) is 43.4 Å². The number of nitrogens with zero attached hydrogens (tertiary/aromatic N) is 1. The molecule has 3 aliphatic rings. The van der Waals surface area contributed by atoms with Crippen LogP contribution >= 0.6 is 11.6 Å². The zero-order valence-electron chi connectivity index (χ0n) is 14.4. The van der Waals surface area contributed by atoms with Gasteiger partial charge in [-0.2, -0.15) is 0 Å². The van der Waals surface area contributed by atoms with Crippen LogP contribution in [0.5, 0.6) is 0 Å². The fourth-order valence-corrected chi connectivity index (χ4v) is 4.43. The van der Waals surface area contributed by atoms with Crippen LogP contribution < -0.4 is 0 Å². The summed E-state index contributed by atoms with van der Waals surface area (Å²) in [7, 11) is 0. The van der Waals surface area contributed by atoms with Crippen molar-refractivity contribution in [2.45, 2.75) is 65.3 Å². The molecule has 5 heteroatoms. The summed E-state index contributed by atoms with van der Waals surface area (Å²) < 4.78 is 11.8. The number of hydrogen-bond donors (Lipinski definition) is 0. The Balaban J connectivity index is 1.76. The van der Waals surface area contributed by atoms with Gasteiger partial charge in [0.05, 0.1) is 6.10 Å². The van der Waals surface area contributed by atoms with Gasteiger partial charge < -0.3 is 14.4 Å². The molecule has 0 aromatic heterocycles. The van der Waals surface area contributed by atoms with E-state index in [1.165, 1.54) is 12.8 Å². The second-order valence-electron chi connectivity index (χ2n) is 7.63. The Morgan fingerprint density at radius 3 is 2.61 bits per heavy atom. The first kappa shape index (κ1) is 17.1. The van der Waals surface area contributed by atoms with Crippen molar-refractivity contribution in [1.29, 1.82) is 0 Å². The zero-order valence-corrected chi connectivity index (χ0v) is 15.1. The first-order valence-corrected chi connectivity index (χ1v) is 9.36. The molecule has 1 aliphatic carbocycles. The van der Waals surface area contributed by atoms with E-state index in [9.17, 15) is 4.79 Å². The maximum atomic E-state index is 12.0.